The first-order valence-electron chi connectivity index (χ1n) is 9.64. The van der Waals surface area contributed by atoms with Gasteiger partial charge >= 0.3 is 0 Å². The van der Waals surface area contributed by atoms with Crippen LogP contribution in [0.3, 0.4) is 0 Å². The van der Waals surface area contributed by atoms with Crippen molar-refractivity contribution in [3.63, 3.8) is 0 Å². The van der Waals surface area contributed by atoms with Crippen LogP contribution in [-0.4, -0.2) is 35.2 Å². The van der Waals surface area contributed by atoms with Gasteiger partial charge in [0.15, 0.2) is 0 Å². The number of H-pyrrole nitrogens is 1. The molecule has 150 valence electrons. The number of alkyl halides is 2. The molecule has 0 spiro atoms. The molecular weight excluding hydrogens is 358 g/mol. The fourth-order valence-electron chi connectivity index (χ4n) is 3.65. The van der Waals surface area contributed by atoms with Crippen LogP contribution in [0.25, 0.3) is 11.3 Å². The number of hydrogen-bond acceptors (Lipinski definition) is 3. The van der Waals surface area contributed by atoms with E-state index in [1.54, 1.807) is 6.07 Å². The third-order valence-electron chi connectivity index (χ3n) is 5.08. The van der Waals surface area contributed by atoms with Gasteiger partial charge in [-0.3, -0.25) is 5.10 Å². The second kappa shape index (κ2) is 8.80. The Morgan fingerprint density at radius 2 is 2.11 bits per heavy atom. The van der Waals surface area contributed by atoms with Gasteiger partial charge in [0.2, 0.25) is 0 Å². The van der Waals surface area contributed by atoms with Crippen LogP contribution in [0.1, 0.15) is 30.0 Å². The summed E-state index contributed by atoms with van der Waals surface area (Å²) < 4.78 is 28.8. The second-order valence-electron chi connectivity index (χ2n) is 7.56. The van der Waals surface area contributed by atoms with Crippen LogP contribution in [-0.2, 0) is 18.9 Å². The highest BCUT2D eigenvalue weighted by atomic mass is 19.3. The highest BCUT2D eigenvalue weighted by Crippen LogP contribution is 2.35. The Morgan fingerprint density at radius 3 is 2.79 bits per heavy atom. The van der Waals surface area contributed by atoms with Gasteiger partial charge in [-0.15, -0.1) is 0 Å². The van der Waals surface area contributed by atoms with Gasteiger partial charge in [-0.2, -0.15) is 5.10 Å². The molecule has 3 rings (SSSR count). The van der Waals surface area contributed by atoms with Crippen molar-refractivity contribution in [1.82, 2.24) is 15.1 Å². The topological polar surface area (TPSA) is 57.9 Å². The van der Waals surface area contributed by atoms with Crippen molar-refractivity contribution < 1.29 is 8.78 Å². The van der Waals surface area contributed by atoms with Crippen LogP contribution in [0.15, 0.2) is 48.7 Å². The highest BCUT2D eigenvalue weighted by molar-refractivity contribution is 5.64. The molecular formula is C22H28F2N4. The fourth-order valence-corrected chi connectivity index (χ4v) is 3.65. The van der Waals surface area contributed by atoms with Gasteiger partial charge < -0.3 is 10.6 Å². The van der Waals surface area contributed by atoms with Crippen molar-refractivity contribution in [3.05, 3.63) is 65.4 Å². The summed E-state index contributed by atoms with van der Waals surface area (Å²) in [6.45, 7) is 2.94. The average molecular weight is 386 g/mol. The molecule has 0 radical (unpaired) electrons. The minimum atomic E-state index is -2.91. The molecule has 1 heterocycles. The maximum Gasteiger partial charge on any atom is 0.270 e. The molecule has 3 N–H and O–H groups in total. The Kier molecular flexibility index (Phi) is 6.42. The number of rotatable bonds is 8. The van der Waals surface area contributed by atoms with Crippen LogP contribution >= 0.6 is 0 Å². The number of aromatic amines is 1. The molecule has 0 bridgehead atoms. The lowest BCUT2D eigenvalue weighted by Gasteiger charge is -2.21. The lowest BCUT2D eigenvalue weighted by molar-refractivity contribution is 0.0165. The minimum Gasteiger partial charge on any atom is -0.329 e. The molecule has 0 saturated carbocycles. The van der Waals surface area contributed by atoms with Gasteiger partial charge in [-0.25, -0.2) is 8.78 Å². The van der Waals surface area contributed by atoms with E-state index in [9.17, 15) is 8.78 Å². The van der Waals surface area contributed by atoms with Gasteiger partial charge in [0, 0.05) is 49.4 Å². The number of likely N-dealkylation sites (N-methyl/N-ethyl adjacent to an activating group) is 1. The SMILES string of the molecule is CN(CCN)Cc1c[nH]nc1-c1ccc(CC2C=CC=CC2)c(C(C)(F)F)c1. The Morgan fingerprint density at radius 1 is 1.29 bits per heavy atom. The first kappa shape index (κ1) is 20.4. The number of nitrogens with two attached hydrogens (primary N) is 1. The van der Waals surface area contributed by atoms with Crippen LogP contribution in [0.4, 0.5) is 8.78 Å². The first-order valence-corrected chi connectivity index (χ1v) is 9.64. The van der Waals surface area contributed by atoms with Gasteiger partial charge in [0.05, 0.1) is 5.69 Å². The first-order chi connectivity index (χ1) is 13.4. The van der Waals surface area contributed by atoms with Crippen LogP contribution < -0.4 is 5.73 Å². The predicted octanol–water partition coefficient (Wildman–Crippen LogP) is 4.25. The van der Waals surface area contributed by atoms with Crippen LogP contribution in [0.5, 0.6) is 0 Å². The molecule has 1 aliphatic carbocycles. The molecule has 6 heteroatoms. The van der Waals surface area contributed by atoms with Crippen molar-refractivity contribution in [2.75, 3.05) is 20.1 Å². The summed E-state index contributed by atoms with van der Waals surface area (Å²) in [5.74, 6) is -2.66. The molecule has 1 aliphatic rings. The molecule has 0 amide bonds. The van der Waals surface area contributed by atoms with Crippen molar-refractivity contribution in [1.29, 1.82) is 0 Å². The zero-order valence-electron chi connectivity index (χ0n) is 16.5. The van der Waals surface area contributed by atoms with Crippen molar-refractivity contribution in [2.24, 2.45) is 11.7 Å². The Balaban J connectivity index is 1.90. The van der Waals surface area contributed by atoms with E-state index >= 15 is 0 Å². The van der Waals surface area contributed by atoms with E-state index in [0.29, 0.717) is 36.3 Å². The summed E-state index contributed by atoms with van der Waals surface area (Å²) in [4.78, 5) is 2.08. The molecule has 1 aromatic carbocycles. The van der Waals surface area contributed by atoms with Gasteiger partial charge in [0.1, 0.15) is 0 Å². The molecule has 2 aromatic rings. The molecule has 1 atom stereocenters. The molecule has 1 unspecified atom stereocenters. The van der Waals surface area contributed by atoms with Gasteiger partial charge in [-0.1, -0.05) is 36.4 Å². The minimum absolute atomic E-state index is 0.0808. The second-order valence-corrected chi connectivity index (χ2v) is 7.56. The zero-order chi connectivity index (χ0) is 20.1. The van der Waals surface area contributed by atoms with E-state index in [1.807, 2.05) is 37.5 Å². The molecule has 0 fully saturated rings. The Hall–Kier alpha value is -2.31. The summed E-state index contributed by atoms with van der Waals surface area (Å²) in [6, 6.07) is 5.33. The number of hydrogen-bond donors (Lipinski definition) is 2. The molecule has 1 aromatic heterocycles. The van der Waals surface area contributed by atoms with E-state index in [2.05, 4.69) is 27.2 Å². The third-order valence-corrected chi connectivity index (χ3v) is 5.08. The number of nitrogens with zero attached hydrogens (tertiary/aromatic N) is 2. The maximum atomic E-state index is 14.4. The number of aromatic nitrogens is 2. The smallest absolute Gasteiger partial charge is 0.270 e. The lowest BCUT2D eigenvalue weighted by atomic mass is 9.88. The maximum absolute atomic E-state index is 14.4. The predicted molar refractivity (Wildman–Crippen MR) is 109 cm³/mol. The molecule has 4 nitrogen and oxygen atoms in total. The fraction of sp³-hybridized carbons (Fsp3) is 0.409. The van der Waals surface area contributed by atoms with E-state index < -0.39 is 5.92 Å². The van der Waals surface area contributed by atoms with E-state index in [0.717, 1.165) is 25.5 Å². The van der Waals surface area contributed by atoms with E-state index in [4.69, 9.17) is 5.73 Å². The number of benzene rings is 1. The molecule has 28 heavy (non-hydrogen) atoms. The molecule has 0 saturated heterocycles. The molecule has 0 aliphatic heterocycles. The Bertz CT molecular complexity index is 848. The van der Waals surface area contributed by atoms with Crippen LogP contribution in [0.2, 0.25) is 0 Å². The quantitative estimate of drug-likeness (QED) is 0.713. The van der Waals surface area contributed by atoms with Crippen molar-refractivity contribution in [2.45, 2.75) is 32.2 Å². The van der Waals surface area contributed by atoms with Crippen LogP contribution in [0, 0.1) is 5.92 Å². The van der Waals surface area contributed by atoms with Gasteiger partial charge in [-0.05, 0) is 37.4 Å². The summed E-state index contributed by atoms with van der Waals surface area (Å²) >= 11 is 0. The third kappa shape index (κ3) is 4.94. The summed E-state index contributed by atoms with van der Waals surface area (Å²) in [5, 5.41) is 7.19. The largest absolute Gasteiger partial charge is 0.329 e. The monoisotopic (exact) mass is 386 g/mol. The van der Waals surface area contributed by atoms with E-state index in [-0.39, 0.29) is 11.5 Å². The van der Waals surface area contributed by atoms with Gasteiger partial charge in [0.25, 0.3) is 5.92 Å². The van der Waals surface area contributed by atoms with Crippen molar-refractivity contribution in [3.8, 4) is 11.3 Å². The normalized spacial score (nSPS) is 16.9. The number of allylic oxidation sites excluding steroid dienone is 4. The Labute approximate surface area is 165 Å². The van der Waals surface area contributed by atoms with E-state index in [1.165, 1.54) is 0 Å². The standard InChI is InChI=1S/C22H28F2N4/c1-22(23,24)20-13-18(9-8-17(20)12-16-6-4-3-5-7-16)21-19(14-26-27-21)15-28(2)11-10-25/h3-6,8-9,13-14,16H,7,10-12,15,25H2,1-2H3,(H,26,27). The average Bonchev–Trinajstić information content (AvgIpc) is 3.10. The summed E-state index contributed by atoms with van der Waals surface area (Å²) in [7, 11) is 1.98. The summed E-state index contributed by atoms with van der Waals surface area (Å²) in [5.41, 5.74) is 8.77. The van der Waals surface area contributed by atoms with Crippen molar-refractivity contribution >= 4 is 0 Å². The highest BCUT2D eigenvalue weighted by Gasteiger charge is 2.29. The summed E-state index contributed by atoms with van der Waals surface area (Å²) in [6.07, 6.45) is 11.5. The number of nitrogens with one attached hydrogen (secondary N) is 1. The zero-order valence-corrected chi connectivity index (χ0v) is 16.5. The number of halogens is 2. The lowest BCUT2D eigenvalue weighted by Crippen LogP contribution is -2.25.